The summed E-state index contributed by atoms with van der Waals surface area (Å²) < 4.78 is 5.26. The number of hydrogen-bond acceptors (Lipinski definition) is 4. The Morgan fingerprint density at radius 2 is 2.07 bits per heavy atom. The SMILES string of the molecule is Cc1noc(-c2ccc3c(c2)CC[C@H]3NC(=O)N2CCc3ccccc32)n1. The summed E-state index contributed by atoms with van der Waals surface area (Å²) in [7, 11) is 0. The van der Waals surface area contributed by atoms with Crippen LogP contribution in [0.4, 0.5) is 10.5 Å². The van der Waals surface area contributed by atoms with Gasteiger partial charge in [0.15, 0.2) is 5.82 Å². The Balaban J connectivity index is 1.35. The van der Waals surface area contributed by atoms with E-state index >= 15 is 0 Å². The molecular formula is C21H20N4O2. The molecule has 5 rings (SSSR count). The van der Waals surface area contributed by atoms with Crippen LogP contribution in [0.3, 0.4) is 0 Å². The van der Waals surface area contributed by atoms with Crippen LogP contribution in [0, 0.1) is 6.92 Å². The summed E-state index contributed by atoms with van der Waals surface area (Å²) in [6.07, 6.45) is 2.75. The molecule has 136 valence electrons. The first-order valence-electron chi connectivity index (χ1n) is 9.28. The number of para-hydroxylation sites is 1. The van der Waals surface area contributed by atoms with E-state index in [4.69, 9.17) is 4.52 Å². The van der Waals surface area contributed by atoms with Crippen LogP contribution in [-0.2, 0) is 12.8 Å². The van der Waals surface area contributed by atoms with Crippen molar-refractivity contribution in [3.8, 4) is 11.5 Å². The van der Waals surface area contributed by atoms with Crippen molar-refractivity contribution in [3.63, 3.8) is 0 Å². The number of carbonyl (C=O) groups is 1. The molecule has 2 aliphatic rings. The Morgan fingerprint density at radius 1 is 1.19 bits per heavy atom. The van der Waals surface area contributed by atoms with E-state index in [1.54, 1.807) is 0 Å². The topological polar surface area (TPSA) is 71.3 Å². The monoisotopic (exact) mass is 360 g/mol. The largest absolute Gasteiger partial charge is 0.334 e. The number of benzene rings is 2. The van der Waals surface area contributed by atoms with Crippen LogP contribution in [0.5, 0.6) is 0 Å². The Bertz CT molecular complexity index is 1030. The predicted octanol–water partition coefficient (Wildman–Crippen LogP) is 3.80. The Kier molecular flexibility index (Phi) is 3.70. The molecule has 0 saturated carbocycles. The second-order valence-corrected chi connectivity index (χ2v) is 7.13. The molecular weight excluding hydrogens is 340 g/mol. The van der Waals surface area contributed by atoms with E-state index in [1.165, 1.54) is 16.7 Å². The van der Waals surface area contributed by atoms with Gasteiger partial charge in [0, 0.05) is 17.8 Å². The molecule has 0 bridgehead atoms. The quantitative estimate of drug-likeness (QED) is 0.754. The molecule has 27 heavy (non-hydrogen) atoms. The number of aryl methyl sites for hydroxylation is 2. The lowest BCUT2D eigenvalue weighted by Gasteiger charge is -2.22. The molecule has 0 fully saturated rings. The lowest BCUT2D eigenvalue weighted by Crippen LogP contribution is -2.40. The standard InChI is InChI=1S/C21H20N4O2/c1-13-22-20(27-24-13)16-6-8-17-15(12-16)7-9-18(17)23-21(26)25-11-10-14-4-2-3-5-19(14)25/h2-6,8,12,18H,7,9-11H2,1H3,(H,23,26)/t18-/m1/s1. The van der Waals surface area contributed by atoms with Crippen LogP contribution < -0.4 is 10.2 Å². The zero-order chi connectivity index (χ0) is 18.4. The average molecular weight is 360 g/mol. The molecule has 0 spiro atoms. The summed E-state index contributed by atoms with van der Waals surface area (Å²) in [6.45, 7) is 2.54. The molecule has 6 heteroatoms. The zero-order valence-electron chi connectivity index (χ0n) is 15.1. The summed E-state index contributed by atoms with van der Waals surface area (Å²) in [6, 6.07) is 14.3. The highest BCUT2D eigenvalue weighted by molar-refractivity contribution is 5.94. The normalized spacial score (nSPS) is 17.7. The summed E-state index contributed by atoms with van der Waals surface area (Å²) in [5.74, 6) is 1.16. The van der Waals surface area contributed by atoms with Gasteiger partial charge in [0.25, 0.3) is 5.89 Å². The highest BCUT2D eigenvalue weighted by Gasteiger charge is 2.29. The van der Waals surface area contributed by atoms with Crippen molar-refractivity contribution in [2.45, 2.75) is 32.2 Å². The minimum absolute atomic E-state index is 0.0191. The third-order valence-electron chi connectivity index (χ3n) is 5.43. The first-order chi connectivity index (χ1) is 13.2. The van der Waals surface area contributed by atoms with Gasteiger partial charge in [-0.2, -0.15) is 4.98 Å². The van der Waals surface area contributed by atoms with Crippen LogP contribution in [0.15, 0.2) is 47.0 Å². The van der Waals surface area contributed by atoms with E-state index in [2.05, 4.69) is 33.7 Å². The van der Waals surface area contributed by atoms with Crippen molar-refractivity contribution in [3.05, 3.63) is 65.0 Å². The number of hydrogen-bond donors (Lipinski definition) is 1. The van der Waals surface area contributed by atoms with E-state index in [0.717, 1.165) is 37.1 Å². The molecule has 3 aromatic rings. The fourth-order valence-electron chi connectivity index (χ4n) is 4.09. The van der Waals surface area contributed by atoms with Crippen LogP contribution in [0.1, 0.15) is 35.0 Å². The van der Waals surface area contributed by atoms with E-state index in [0.29, 0.717) is 11.7 Å². The molecule has 0 radical (unpaired) electrons. The molecule has 2 heterocycles. The average Bonchev–Trinajstić information content (AvgIpc) is 3.39. The van der Waals surface area contributed by atoms with Crippen molar-refractivity contribution >= 4 is 11.7 Å². The summed E-state index contributed by atoms with van der Waals surface area (Å²) in [4.78, 5) is 19.0. The fourth-order valence-corrected chi connectivity index (χ4v) is 4.09. The fraction of sp³-hybridized carbons (Fsp3) is 0.286. The summed E-state index contributed by atoms with van der Waals surface area (Å²) in [5.41, 5.74) is 5.59. The maximum absolute atomic E-state index is 12.8. The van der Waals surface area contributed by atoms with Gasteiger partial charge in [0.1, 0.15) is 0 Å². The maximum Gasteiger partial charge on any atom is 0.322 e. The molecule has 1 aromatic heterocycles. The van der Waals surface area contributed by atoms with Crippen molar-refractivity contribution in [2.24, 2.45) is 0 Å². The lowest BCUT2D eigenvalue weighted by atomic mass is 10.0. The molecule has 2 aromatic carbocycles. The number of aromatic nitrogens is 2. The van der Waals surface area contributed by atoms with E-state index in [1.807, 2.05) is 36.1 Å². The Hall–Kier alpha value is -3.15. The first-order valence-corrected chi connectivity index (χ1v) is 9.28. The van der Waals surface area contributed by atoms with Gasteiger partial charge in [-0.25, -0.2) is 4.79 Å². The van der Waals surface area contributed by atoms with Gasteiger partial charge in [-0.1, -0.05) is 29.4 Å². The second kappa shape index (κ2) is 6.23. The van der Waals surface area contributed by atoms with Gasteiger partial charge in [0.05, 0.1) is 6.04 Å². The van der Waals surface area contributed by atoms with Gasteiger partial charge < -0.3 is 9.84 Å². The van der Waals surface area contributed by atoms with E-state index < -0.39 is 0 Å². The molecule has 2 amide bonds. The van der Waals surface area contributed by atoms with Crippen LogP contribution in [-0.4, -0.2) is 22.7 Å². The summed E-state index contributed by atoms with van der Waals surface area (Å²) in [5, 5.41) is 7.07. The first kappa shape index (κ1) is 16.1. The number of anilines is 1. The molecule has 1 N–H and O–H groups in total. The van der Waals surface area contributed by atoms with Crippen molar-refractivity contribution in [1.82, 2.24) is 15.5 Å². The van der Waals surface area contributed by atoms with Crippen LogP contribution in [0.25, 0.3) is 11.5 Å². The van der Waals surface area contributed by atoms with Gasteiger partial charge in [-0.05, 0) is 61.1 Å². The number of rotatable bonds is 2. The highest BCUT2D eigenvalue weighted by Crippen LogP contribution is 2.35. The third-order valence-corrected chi connectivity index (χ3v) is 5.43. The number of amides is 2. The van der Waals surface area contributed by atoms with Crippen LogP contribution >= 0.6 is 0 Å². The van der Waals surface area contributed by atoms with Gasteiger partial charge in [-0.3, -0.25) is 4.90 Å². The number of urea groups is 1. The minimum Gasteiger partial charge on any atom is -0.334 e. The predicted molar refractivity (Wildman–Crippen MR) is 102 cm³/mol. The van der Waals surface area contributed by atoms with Crippen molar-refractivity contribution in [1.29, 1.82) is 0 Å². The summed E-state index contributed by atoms with van der Waals surface area (Å²) >= 11 is 0. The van der Waals surface area contributed by atoms with Gasteiger partial charge >= 0.3 is 6.03 Å². The Morgan fingerprint density at radius 3 is 2.93 bits per heavy atom. The highest BCUT2D eigenvalue weighted by atomic mass is 16.5. The van der Waals surface area contributed by atoms with E-state index in [-0.39, 0.29) is 12.1 Å². The minimum atomic E-state index is -0.0191. The molecule has 1 atom stereocenters. The third kappa shape index (κ3) is 2.77. The molecule has 0 saturated heterocycles. The molecule has 1 aliphatic carbocycles. The Labute approximate surface area is 157 Å². The molecule has 6 nitrogen and oxygen atoms in total. The van der Waals surface area contributed by atoms with Gasteiger partial charge in [-0.15, -0.1) is 0 Å². The molecule has 0 unspecified atom stereocenters. The maximum atomic E-state index is 12.8. The lowest BCUT2D eigenvalue weighted by molar-refractivity contribution is 0.243. The smallest absolute Gasteiger partial charge is 0.322 e. The zero-order valence-corrected chi connectivity index (χ0v) is 15.1. The van der Waals surface area contributed by atoms with Crippen molar-refractivity contribution in [2.75, 3.05) is 11.4 Å². The van der Waals surface area contributed by atoms with Crippen LogP contribution in [0.2, 0.25) is 0 Å². The van der Waals surface area contributed by atoms with Gasteiger partial charge in [0.2, 0.25) is 0 Å². The number of nitrogens with one attached hydrogen (secondary N) is 1. The van der Waals surface area contributed by atoms with E-state index in [9.17, 15) is 4.79 Å². The molecule has 1 aliphatic heterocycles. The number of nitrogens with zero attached hydrogens (tertiary/aromatic N) is 3. The van der Waals surface area contributed by atoms with Crippen molar-refractivity contribution < 1.29 is 9.32 Å². The number of carbonyl (C=O) groups excluding carboxylic acids is 1. The number of fused-ring (bicyclic) bond motifs is 2. The second-order valence-electron chi connectivity index (χ2n) is 7.13.